The summed E-state index contributed by atoms with van der Waals surface area (Å²) in [6.45, 7) is 8.17. The van der Waals surface area contributed by atoms with Crippen LogP contribution in [0.2, 0.25) is 0 Å². The molecular weight excluding hydrogens is 242 g/mol. The number of carbonyl (C=O) groups excluding carboxylic acids is 1. The fraction of sp³-hybridized carbons (Fsp3) is 0.571. The third-order valence-electron chi connectivity index (χ3n) is 2.76. The third-order valence-corrected chi connectivity index (χ3v) is 2.76. The van der Waals surface area contributed by atoms with Gasteiger partial charge in [-0.2, -0.15) is 5.26 Å². The maximum Gasteiger partial charge on any atom is 0.320 e. The van der Waals surface area contributed by atoms with E-state index in [1.54, 1.807) is 0 Å². The highest BCUT2D eigenvalue weighted by Crippen LogP contribution is 2.13. The molecular formula is C14H21N3O2. The molecule has 0 aliphatic rings. The molecule has 0 spiro atoms. The number of rotatable bonds is 4. The minimum atomic E-state index is -0.463. The van der Waals surface area contributed by atoms with Crippen molar-refractivity contribution in [2.75, 3.05) is 6.54 Å². The molecule has 0 aliphatic heterocycles. The summed E-state index contributed by atoms with van der Waals surface area (Å²) >= 11 is 0. The number of ether oxygens (including phenoxy) is 1. The highest BCUT2D eigenvalue weighted by atomic mass is 16.6. The first-order valence-electron chi connectivity index (χ1n) is 6.22. The molecule has 0 saturated heterocycles. The van der Waals surface area contributed by atoms with Crippen LogP contribution in [0.15, 0.2) is 6.07 Å². The normalized spacial score (nSPS) is 11.2. The van der Waals surface area contributed by atoms with Gasteiger partial charge in [0.25, 0.3) is 0 Å². The zero-order chi connectivity index (χ0) is 14.6. The smallest absolute Gasteiger partial charge is 0.320 e. The Kier molecular flexibility index (Phi) is 4.73. The fourth-order valence-electron chi connectivity index (χ4n) is 1.73. The molecule has 0 aromatic carbocycles. The average Bonchev–Trinajstić information content (AvgIpc) is 2.54. The van der Waals surface area contributed by atoms with Gasteiger partial charge in [0.1, 0.15) is 17.4 Å². The van der Waals surface area contributed by atoms with Crippen LogP contribution in [0.4, 0.5) is 0 Å². The van der Waals surface area contributed by atoms with Gasteiger partial charge in [-0.1, -0.05) is 0 Å². The van der Waals surface area contributed by atoms with Crippen molar-refractivity contribution in [3.63, 3.8) is 0 Å². The lowest BCUT2D eigenvalue weighted by Crippen LogP contribution is -2.31. The average molecular weight is 263 g/mol. The summed E-state index contributed by atoms with van der Waals surface area (Å²) in [5, 5.41) is 12.0. The van der Waals surface area contributed by atoms with Gasteiger partial charge in [0.2, 0.25) is 0 Å². The monoisotopic (exact) mass is 263 g/mol. The minimum absolute atomic E-state index is 0.160. The lowest BCUT2D eigenvalue weighted by Gasteiger charge is -2.19. The van der Waals surface area contributed by atoms with Crippen molar-refractivity contribution < 1.29 is 9.53 Å². The molecule has 104 valence electrons. The Morgan fingerprint density at radius 3 is 2.63 bits per heavy atom. The molecule has 1 aromatic heterocycles. The number of hydrogen-bond donors (Lipinski definition) is 1. The van der Waals surface area contributed by atoms with Crippen LogP contribution in [0.1, 0.15) is 37.7 Å². The molecule has 1 heterocycles. The predicted octanol–water partition coefficient (Wildman–Crippen LogP) is 1.64. The number of nitrogens with zero attached hydrogens (tertiary/aromatic N) is 2. The maximum atomic E-state index is 11.5. The summed E-state index contributed by atoms with van der Waals surface area (Å²) in [4.78, 5) is 11.5. The molecule has 0 fully saturated rings. The molecule has 5 nitrogen and oxygen atoms in total. The number of aromatic nitrogens is 1. The second-order valence-electron chi connectivity index (χ2n) is 5.50. The topological polar surface area (TPSA) is 67.0 Å². The quantitative estimate of drug-likeness (QED) is 0.839. The Morgan fingerprint density at radius 2 is 2.16 bits per heavy atom. The highest BCUT2D eigenvalue weighted by Gasteiger charge is 2.16. The van der Waals surface area contributed by atoms with Crippen LogP contribution in [-0.2, 0) is 23.1 Å². The molecule has 0 saturated carbocycles. The lowest BCUT2D eigenvalue weighted by atomic mass is 10.2. The third kappa shape index (κ3) is 4.42. The molecule has 0 amide bonds. The molecule has 1 N–H and O–H groups in total. The number of esters is 1. The summed E-state index contributed by atoms with van der Waals surface area (Å²) in [7, 11) is 1.85. The van der Waals surface area contributed by atoms with E-state index in [1.165, 1.54) is 0 Å². The second kappa shape index (κ2) is 5.89. The van der Waals surface area contributed by atoms with E-state index in [4.69, 9.17) is 10.00 Å². The zero-order valence-corrected chi connectivity index (χ0v) is 12.2. The van der Waals surface area contributed by atoms with Crippen molar-refractivity contribution in [1.82, 2.24) is 9.88 Å². The van der Waals surface area contributed by atoms with Gasteiger partial charge in [0.15, 0.2) is 0 Å². The van der Waals surface area contributed by atoms with Crippen molar-refractivity contribution in [2.45, 2.75) is 39.8 Å². The number of nitriles is 1. The summed E-state index contributed by atoms with van der Waals surface area (Å²) < 4.78 is 7.03. The summed E-state index contributed by atoms with van der Waals surface area (Å²) in [6, 6.07) is 3.96. The maximum absolute atomic E-state index is 11.5. The van der Waals surface area contributed by atoms with E-state index >= 15 is 0 Å². The van der Waals surface area contributed by atoms with Crippen LogP contribution in [-0.4, -0.2) is 22.7 Å². The van der Waals surface area contributed by atoms with Gasteiger partial charge in [0, 0.05) is 19.3 Å². The molecule has 19 heavy (non-hydrogen) atoms. The largest absolute Gasteiger partial charge is 0.459 e. The number of nitrogens with one attached hydrogen (secondary N) is 1. The van der Waals surface area contributed by atoms with Gasteiger partial charge < -0.3 is 14.6 Å². The molecule has 0 bridgehead atoms. The Morgan fingerprint density at radius 1 is 1.53 bits per heavy atom. The number of hydrogen-bond acceptors (Lipinski definition) is 4. The zero-order valence-electron chi connectivity index (χ0n) is 12.2. The van der Waals surface area contributed by atoms with Crippen LogP contribution in [0.5, 0.6) is 0 Å². The summed E-state index contributed by atoms with van der Waals surface area (Å²) in [5.41, 5.74) is 2.19. The van der Waals surface area contributed by atoms with Crippen molar-refractivity contribution in [3.8, 4) is 6.07 Å². The first-order valence-corrected chi connectivity index (χ1v) is 6.22. The molecule has 5 heteroatoms. The number of carbonyl (C=O) groups is 1. The minimum Gasteiger partial charge on any atom is -0.459 e. The molecule has 0 unspecified atom stereocenters. The van der Waals surface area contributed by atoms with Gasteiger partial charge in [-0.25, -0.2) is 0 Å². The molecule has 0 atom stereocenters. The summed E-state index contributed by atoms with van der Waals surface area (Å²) in [5.74, 6) is -0.276. The first-order chi connectivity index (χ1) is 8.74. The Hall–Kier alpha value is -1.80. The fourth-order valence-corrected chi connectivity index (χ4v) is 1.73. The Bertz CT molecular complexity index is 504. The first kappa shape index (κ1) is 15.3. The van der Waals surface area contributed by atoms with Crippen molar-refractivity contribution in [2.24, 2.45) is 7.05 Å². The van der Waals surface area contributed by atoms with Gasteiger partial charge >= 0.3 is 5.97 Å². The SMILES string of the molecule is Cc1c(CNCC(=O)OC(C)(C)C)cc(C#N)n1C. The van der Waals surface area contributed by atoms with E-state index in [1.807, 2.05) is 45.4 Å². The van der Waals surface area contributed by atoms with E-state index in [0.29, 0.717) is 12.2 Å². The van der Waals surface area contributed by atoms with E-state index < -0.39 is 5.60 Å². The predicted molar refractivity (Wildman–Crippen MR) is 72.4 cm³/mol. The van der Waals surface area contributed by atoms with Crippen molar-refractivity contribution >= 4 is 5.97 Å². The van der Waals surface area contributed by atoms with E-state index in [-0.39, 0.29) is 12.5 Å². The van der Waals surface area contributed by atoms with Crippen molar-refractivity contribution in [1.29, 1.82) is 5.26 Å². The Balaban J connectivity index is 2.51. The molecule has 0 aliphatic carbocycles. The second-order valence-corrected chi connectivity index (χ2v) is 5.50. The van der Waals surface area contributed by atoms with Gasteiger partial charge in [0.05, 0.1) is 6.54 Å². The molecule has 0 radical (unpaired) electrons. The Labute approximate surface area is 114 Å². The van der Waals surface area contributed by atoms with E-state index in [2.05, 4.69) is 11.4 Å². The van der Waals surface area contributed by atoms with Crippen LogP contribution in [0.3, 0.4) is 0 Å². The molecule has 1 rings (SSSR count). The van der Waals surface area contributed by atoms with Crippen LogP contribution >= 0.6 is 0 Å². The van der Waals surface area contributed by atoms with Crippen LogP contribution in [0.25, 0.3) is 0 Å². The van der Waals surface area contributed by atoms with Gasteiger partial charge in [-0.05, 0) is 39.3 Å². The lowest BCUT2D eigenvalue weighted by molar-refractivity contribution is -0.153. The van der Waals surface area contributed by atoms with E-state index in [9.17, 15) is 4.79 Å². The van der Waals surface area contributed by atoms with Crippen LogP contribution in [0, 0.1) is 18.3 Å². The highest BCUT2D eigenvalue weighted by molar-refractivity contribution is 5.72. The molecule has 1 aromatic rings. The standard InChI is InChI=1S/C14H21N3O2/c1-10-11(6-12(7-15)17(10)5)8-16-9-13(18)19-14(2,3)4/h6,16H,8-9H2,1-5H3. The van der Waals surface area contributed by atoms with Gasteiger partial charge in [-0.3, -0.25) is 4.79 Å². The van der Waals surface area contributed by atoms with Gasteiger partial charge in [-0.15, -0.1) is 0 Å². The van der Waals surface area contributed by atoms with E-state index in [0.717, 1.165) is 11.3 Å². The summed E-state index contributed by atoms with van der Waals surface area (Å²) in [6.07, 6.45) is 0. The van der Waals surface area contributed by atoms with Crippen molar-refractivity contribution in [3.05, 3.63) is 23.0 Å². The van der Waals surface area contributed by atoms with Crippen LogP contribution < -0.4 is 5.32 Å².